The number of nitrogens with zero attached hydrogens (tertiary/aromatic N) is 6. The van der Waals surface area contributed by atoms with Gasteiger partial charge in [0.15, 0.2) is 5.84 Å². The molecular formula is C28H35ClN6O3. The second-order valence-corrected chi connectivity index (χ2v) is 11.8. The van der Waals surface area contributed by atoms with Crippen LogP contribution in [0.25, 0.3) is 0 Å². The van der Waals surface area contributed by atoms with Crippen LogP contribution >= 0.6 is 11.6 Å². The van der Waals surface area contributed by atoms with Crippen LogP contribution in [0.5, 0.6) is 0 Å². The average molecular weight is 539 g/mol. The molecule has 202 valence electrons. The molecule has 1 atom stereocenters. The molecule has 3 aliphatic heterocycles. The summed E-state index contributed by atoms with van der Waals surface area (Å²) in [6.45, 7) is 13.2. The molecular weight excluding hydrogens is 504 g/mol. The number of fused-ring (bicyclic) bond motifs is 3. The Morgan fingerprint density at radius 3 is 2.45 bits per heavy atom. The van der Waals surface area contributed by atoms with Gasteiger partial charge in [-0.05, 0) is 50.5 Å². The van der Waals surface area contributed by atoms with Crippen molar-refractivity contribution in [1.29, 1.82) is 0 Å². The Morgan fingerprint density at radius 1 is 1.13 bits per heavy atom. The number of amidine groups is 1. The summed E-state index contributed by atoms with van der Waals surface area (Å²) in [4.78, 5) is 43.5. The van der Waals surface area contributed by atoms with Gasteiger partial charge in [-0.15, -0.1) is 0 Å². The summed E-state index contributed by atoms with van der Waals surface area (Å²) in [6, 6.07) is 9.52. The Kier molecular flexibility index (Phi) is 6.98. The number of hydrogen-bond donors (Lipinski definition) is 0. The van der Waals surface area contributed by atoms with Gasteiger partial charge in [-0.2, -0.15) is 0 Å². The Hall–Kier alpha value is -3.33. The minimum Gasteiger partial charge on any atom is -0.444 e. The zero-order valence-corrected chi connectivity index (χ0v) is 23.4. The van der Waals surface area contributed by atoms with Crippen molar-refractivity contribution in [2.24, 2.45) is 10.9 Å². The monoisotopic (exact) mass is 538 g/mol. The number of aliphatic imine (C=N–C) groups is 1. The van der Waals surface area contributed by atoms with Crippen LogP contribution in [0.2, 0.25) is 5.02 Å². The van der Waals surface area contributed by atoms with Gasteiger partial charge >= 0.3 is 12.1 Å². The van der Waals surface area contributed by atoms with Gasteiger partial charge < -0.3 is 14.5 Å². The quantitative estimate of drug-likeness (QED) is 0.546. The van der Waals surface area contributed by atoms with Crippen molar-refractivity contribution in [3.63, 3.8) is 0 Å². The number of hydrogen-bond acceptors (Lipinski definition) is 6. The summed E-state index contributed by atoms with van der Waals surface area (Å²) < 4.78 is 5.53. The average Bonchev–Trinajstić information content (AvgIpc) is 3.33. The van der Waals surface area contributed by atoms with E-state index in [0.717, 1.165) is 22.6 Å². The summed E-state index contributed by atoms with van der Waals surface area (Å²) in [6.07, 6.45) is 1.56. The molecule has 9 nitrogen and oxygen atoms in total. The highest BCUT2D eigenvalue weighted by atomic mass is 35.5. The summed E-state index contributed by atoms with van der Waals surface area (Å²) in [5, 5.41) is 0.655. The first-order valence-corrected chi connectivity index (χ1v) is 13.5. The van der Waals surface area contributed by atoms with Crippen molar-refractivity contribution >= 4 is 40.9 Å². The van der Waals surface area contributed by atoms with Gasteiger partial charge in [0, 0.05) is 31.2 Å². The minimum atomic E-state index is -0.526. The lowest BCUT2D eigenvalue weighted by molar-refractivity contribution is 0.0240. The summed E-state index contributed by atoms with van der Waals surface area (Å²) in [5.41, 5.74) is 2.83. The number of aromatic nitrogens is 1. The van der Waals surface area contributed by atoms with Gasteiger partial charge in [0.1, 0.15) is 11.3 Å². The predicted octanol–water partition coefficient (Wildman–Crippen LogP) is 5.02. The van der Waals surface area contributed by atoms with Crippen LogP contribution in [-0.2, 0) is 11.3 Å². The largest absolute Gasteiger partial charge is 0.444 e. The van der Waals surface area contributed by atoms with Crippen molar-refractivity contribution in [3.8, 4) is 0 Å². The number of benzene rings is 1. The third-order valence-electron chi connectivity index (χ3n) is 7.05. The molecule has 1 aromatic carbocycles. The van der Waals surface area contributed by atoms with E-state index in [-0.39, 0.29) is 18.2 Å². The highest BCUT2D eigenvalue weighted by Crippen LogP contribution is 2.36. The van der Waals surface area contributed by atoms with Crippen LogP contribution in [-0.4, -0.2) is 77.1 Å². The van der Waals surface area contributed by atoms with Crippen LogP contribution in [0, 0.1) is 5.92 Å². The molecule has 1 aromatic heterocycles. The first kappa shape index (κ1) is 26.3. The van der Waals surface area contributed by atoms with Crippen molar-refractivity contribution < 1.29 is 14.3 Å². The Labute approximate surface area is 229 Å². The third kappa shape index (κ3) is 5.29. The minimum absolute atomic E-state index is 0.0414. The van der Waals surface area contributed by atoms with Crippen LogP contribution in [0.1, 0.15) is 45.9 Å². The van der Waals surface area contributed by atoms with E-state index in [2.05, 4.69) is 18.7 Å². The SMILES string of the molecule is CC(C)C1CN2C(=O)N(Cc3ccc(Cl)cc3)c3cc(N4CCN(C(=O)OC(C)(C)C)CC4)cnc3C2=N1. The van der Waals surface area contributed by atoms with E-state index < -0.39 is 5.60 Å². The topological polar surface area (TPSA) is 81.6 Å². The number of pyridine rings is 1. The van der Waals surface area contributed by atoms with Gasteiger partial charge in [0.25, 0.3) is 0 Å². The number of urea groups is 1. The number of amides is 3. The lowest BCUT2D eigenvalue weighted by Gasteiger charge is -2.38. The predicted molar refractivity (Wildman–Crippen MR) is 149 cm³/mol. The number of carbonyl (C=O) groups excluding carboxylic acids is 2. The Balaban J connectivity index is 1.42. The van der Waals surface area contributed by atoms with Crippen molar-refractivity contribution in [2.75, 3.05) is 42.5 Å². The molecule has 0 N–H and O–H groups in total. The van der Waals surface area contributed by atoms with Crippen molar-refractivity contribution in [2.45, 2.75) is 52.8 Å². The van der Waals surface area contributed by atoms with E-state index in [9.17, 15) is 9.59 Å². The summed E-state index contributed by atoms with van der Waals surface area (Å²) >= 11 is 6.10. The van der Waals surface area contributed by atoms with Crippen LogP contribution in [0.3, 0.4) is 0 Å². The molecule has 5 rings (SSSR count). The number of ether oxygens (including phenoxy) is 1. The Bertz CT molecular complexity index is 1250. The normalized spacial score (nSPS) is 19.5. The second kappa shape index (κ2) is 10.1. The molecule has 1 fully saturated rings. The van der Waals surface area contributed by atoms with Gasteiger partial charge in [-0.3, -0.25) is 14.8 Å². The summed E-state index contributed by atoms with van der Waals surface area (Å²) in [5.74, 6) is 0.965. The summed E-state index contributed by atoms with van der Waals surface area (Å²) in [7, 11) is 0. The van der Waals surface area contributed by atoms with E-state index in [1.54, 1.807) is 14.7 Å². The number of carbonyl (C=O) groups is 2. The molecule has 0 saturated carbocycles. The molecule has 3 amide bonds. The number of piperazine rings is 1. The number of anilines is 2. The van der Waals surface area contributed by atoms with Crippen LogP contribution in [0.15, 0.2) is 41.5 Å². The molecule has 0 radical (unpaired) electrons. The molecule has 38 heavy (non-hydrogen) atoms. The first-order chi connectivity index (χ1) is 18.0. The lowest BCUT2D eigenvalue weighted by atomic mass is 10.1. The zero-order chi connectivity index (χ0) is 27.2. The van der Waals surface area contributed by atoms with Crippen molar-refractivity contribution in [1.82, 2.24) is 14.8 Å². The molecule has 0 bridgehead atoms. The van der Waals surface area contributed by atoms with Gasteiger partial charge in [0.2, 0.25) is 0 Å². The third-order valence-corrected chi connectivity index (χ3v) is 7.30. The van der Waals surface area contributed by atoms with Crippen molar-refractivity contribution in [3.05, 3.63) is 52.8 Å². The first-order valence-electron chi connectivity index (χ1n) is 13.1. The van der Waals surface area contributed by atoms with Gasteiger partial charge in [0.05, 0.1) is 36.7 Å². The van der Waals surface area contributed by atoms with Crippen LogP contribution in [0.4, 0.5) is 21.0 Å². The molecule has 3 aliphatic rings. The smallest absolute Gasteiger partial charge is 0.410 e. The standard InChI is InChI=1S/C28H35ClN6O3/c1-18(2)22-17-35-25(31-22)24-23(34(26(35)36)16-19-6-8-20(29)9-7-19)14-21(15-30-24)32-10-12-33(13-11-32)27(37)38-28(3,4)5/h6-9,14-15,18,22H,10-13,16-17H2,1-5H3. The Morgan fingerprint density at radius 2 is 1.82 bits per heavy atom. The second-order valence-electron chi connectivity index (χ2n) is 11.4. The molecule has 2 aromatic rings. The van der Waals surface area contributed by atoms with Crippen LogP contribution < -0.4 is 9.80 Å². The number of halogens is 1. The fraction of sp³-hybridized carbons (Fsp3) is 0.500. The number of rotatable bonds is 4. The van der Waals surface area contributed by atoms with E-state index in [4.69, 9.17) is 26.3 Å². The maximum Gasteiger partial charge on any atom is 0.410 e. The maximum atomic E-state index is 13.8. The molecule has 4 heterocycles. The molecule has 10 heteroatoms. The molecule has 0 spiro atoms. The molecule has 0 aliphatic carbocycles. The van der Waals surface area contributed by atoms with E-state index >= 15 is 0 Å². The van der Waals surface area contributed by atoms with E-state index in [1.807, 2.05) is 57.3 Å². The highest BCUT2D eigenvalue weighted by Gasteiger charge is 2.42. The van der Waals surface area contributed by atoms with Gasteiger partial charge in [-0.1, -0.05) is 37.6 Å². The maximum absolute atomic E-state index is 13.8. The fourth-order valence-corrected chi connectivity index (χ4v) is 5.03. The van der Waals surface area contributed by atoms with E-state index in [1.165, 1.54) is 0 Å². The molecule has 1 unspecified atom stereocenters. The fourth-order valence-electron chi connectivity index (χ4n) is 4.90. The van der Waals surface area contributed by atoms with Gasteiger partial charge in [-0.25, -0.2) is 14.6 Å². The van der Waals surface area contributed by atoms with E-state index in [0.29, 0.717) is 56.0 Å². The molecule has 1 saturated heterocycles. The zero-order valence-electron chi connectivity index (χ0n) is 22.6. The lowest BCUT2D eigenvalue weighted by Crippen LogP contribution is -2.51. The highest BCUT2D eigenvalue weighted by molar-refractivity contribution is 6.30.